The normalized spacial score (nSPS) is 10.8. The Morgan fingerprint density at radius 2 is 1.80 bits per heavy atom. The molecule has 8 heteroatoms. The molecule has 3 rings (SSSR count). The molecule has 0 fully saturated rings. The minimum absolute atomic E-state index is 0.0777. The van der Waals surface area contributed by atoms with Crippen molar-refractivity contribution < 1.29 is 9.53 Å². The Balaban J connectivity index is 1.50. The molecule has 0 saturated carbocycles. The zero-order valence-corrected chi connectivity index (χ0v) is 19.1. The second-order valence-electron chi connectivity index (χ2n) is 6.69. The van der Waals surface area contributed by atoms with E-state index in [2.05, 4.69) is 58.2 Å². The Bertz CT molecular complexity index is 956. The maximum absolute atomic E-state index is 12.3. The molecule has 0 spiro atoms. The van der Waals surface area contributed by atoms with Gasteiger partial charge in [0, 0.05) is 18.0 Å². The monoisotopic (exact) mass is 442 g/mol. The summed E-state index contributed by atoms with van der Waals surface area (Å²) in [5.41, 5.74) is 3.32. The van der Waals surface area contributed by atoms with Crippen LogP contribution in [0.1, 0.15) is 23.9 Å². The van der Waals surface area contributed by atoms with Crippen molar-refractivity contribution in [3.63, 3.8) is 0 Å². The number of carbonyl (C=O) groups is 1. The number of methoxy groups -OCH3 is 1. The van der Waals surface area contributed by atoms with Crippen molar-refractivity contribution in [1.29, 1.82) is 0 Å². The molecule has 0 aliphatic carbocycles. The van der Waals surface area contributed by atoms with E-state index in [1.165, 1.54) is 22.9 Å². The Morgan fingerprint density at radius 3 is 2.47 bits per heavy atom. The minimum atomic E-state index is -0.0777. The van der Waals surface area contributed by atoms with Crippen LogP contribution >= 0.6 is 23.5 Å². The van der Waals surface area contributed by atoms with Crippen molar-refractivity contribution in [3.05, 3.63) is 65.5 Å². The van der Waals surface area contributed by atoms with Gasteiger partial charge in [0.25, 0.3) is 0 Å². The van der Waals surface area contributed by atoms with Gasteiger partial charge in [-0.3, -0.25) is 4.79 Å². The number of anilines is 1. The SMILES string of the molecule is CCn1c(CSCc2ccc(C)cc2)nnc1SCC(=O)Nc1ccc(OC)cc1. The molecule has 3 aromatic rings. The topological polar surface area (TPSA) is 69.0 Å². The molecular weight excluding hydrogens is 416 g/mol. The van der Waals surface area contributed by atoms with Gasteiger partial charge in [-0.05, 0) is 43.7 Å². The predicted molar refractivity (Wildman–Crippen MR) is 124 cm³/mol. The summed E-state index contributed by atoms with van der Waals surface area (Å²) in [6.45, 7) is 4.94. The van der Waals surface area contributed by atoms with E-state index in [9.17, 15) is 4.79 Å². The fourth-order valence-corrected chi connectivity index (χ4v) is 4.54. The predicted octanol–water partition coefficient (Wildman–Crippen LogP) is 4.78. The summed E-state index contributed by atoms with van der Waals surface area (Å²) in [7, 11) is 1.61. The lowest BCUT2D eigenvalue weighted by atomic mass is 10.2. The number of carbonyl (C=O) groups excluding carboxylic acids is 1. The van der Waals surface area contributed by atoms with E-state index < -0.39 is 0 Å². The highest BCUT2D eigenvalue weighted by atomic mass is 32.2. The van der Waals surface area contributed by atoms with Crippen LogP contribution in [-0.4, -0.2) is 33.5 Å². The Morgan fingerprint density at radius 1 is 1.07 bits per heavy atom. The van der Waals surface area contributed by atoms with Crippen LogP contribution in [0.25, 0.3) is 0 Å². The molecule has 0 aliphatic heterocycles. The van der Waals surface area contributed by atoms with Crippen LogP contribution < -0.4 is 10.1 Å². The highest BCUT2D eigenvalue weighted by Crippen LogP contribution is 2.22. The number of aryl methyl sites for hydroxylation is 1. The lowest BCUT2D eigenvalue weighted by molar-refractivity contribution is -0.113. The molecule has 1 heterocycles. The molecule has 0 bridgehead atoms. The van der Waals surface area contributed by atoms with Crippen LogP contribution in [0.15, 0.2) is 53.7 Å². The number of rotatable bonds is 10. The fourth-order valence-electron chi connectivity index (χ4n) is 2.80. The summed E-state index contributed by atoms with van der Waals surface area (Å²) in [6, 6.07) is 15.9. The summed E-state index contributed by atoms with van der Waals surface area (Å²) < 4.78 is 7.21. The highest BCUT2D eigenvalue weighted by molar-refractivity contribution is 7.99. The van der Waals surface area contributed by atoms with Crippen molar-refractivity contribution in [2.75, 3.05) is 18.2 Å². The highest BCUT2D eigenvalue weighted by Gasteiger charge is 2.13. The molecule has 0 radical (unpaired) electrons. The van der Waals surface area contributed by atoms with E-state index in [1.54, 1.807) is 7.11 Å². The van der Waals surface area contributed by atoms with Gasteiger partial charge in [0.15, 0.2) is 5.16 Å². The van der Waals surface area contributed by atoms with E-state index in [1.807, 2.05) is 36.0 Å². The van der Waals surface area contributed by atoms with Crippen LogP contribution in [0, 0.1) is 6.92 Å². The average Bonchev–Trinajstić information content (AvgIpc) is 3.16. The maximum Gasteiger partial charge on any atom is 0.234 e. The van der Waals surface area contributed by atoms with Crippen molar-refractivity contribution >= 4 is 35.1 Å². The lowest BCUT2D eigenvalue weighted by Gasteiger charge is -2.08. The first-order valence-corrected chi connectivity index (χ1v) is 11.8. The van der Waals surface area contributed by atoms with E-state index in [0.717, 1.165) is 40.5 Å². The van der Waals surface area contributed by atoms with Gasteiger partial charge in [0.2, 0.25) is 5.91 Å². The summed E-state index contributed by atoms with van der Waals surface area (Å²) in [6.07, 6.45) is 0. The van der Waals surface area contributed by atoms with Gasteiger partial charge in [-0.25, -0.2) is 0 Å². The van der Waals surface area contributed by atoms with Gasteiger partial charge in [-0.1, -0.05) is 41.6 Å². The molecule has 2 aromatic carbocycles. The van der Waals surface area contributed by atoms with Crippen LogP contribution in [0.3, 0.4) is 0 Å². The first-order chi connectivity index (χ1) is 14.6. The van der Waals surface area contributed by atoms with Gasteiger partial charge in [-0.2, -0.15) is 0 Å². The molecule has 0 unspecified atom stereocenters. The standard InChI is InChI=1S/C22H26N4O2S2/c1-4-26-20(14-29-13-17-7-5-16(2)6-8-17)24-25-22(26)30-15-21(27)23-18-9-11-19(28-3)12-10-18/h5-12H,4,13-15H2,1-3H3,(H,23,27). The number of nitrogens with one attached hydrogen (secondary N) is 1. The average molecular weight is 443 g/mol. The van der Waals surface area contributed by atoms with Crippen LogP contribution in [0.4, 0.5) is 5.69 Å². The number of amides is 1. The first kappa shape index (κ1) is 22.2. The third-order valence-corrected chi connectivity index (χ3v) is 6.40. The van der Waals surface area contributed by atoms with Crippen molar-refractivity contribution in [1.82, 2.24) is 14.8 Å². The summed E-state index contributed by atoms with van der Waals surface area (Å²) in [5, 5.41) is 12.3. The second kappa shape index (κ2) is 11.1. The lowest BCUT2D eigenvalue weighted by Crippen LogP contribution is -2.14. The third kappa shape index (κ3) is 6.27. The summed E-state index contributed by atoms with van der Waals surface area (Å²) in [4.78, 5) is 12.3. The molecule has 158 valence electrons. The Hall–Kier alpha value is -2.45. The van der Waals surface area contributed by atoms with Crippen molar-refractivity contribution in [2.45, 2.75) is 37.1 Å². The number of hydrogen-bond donors (Lipinski definition) is 1. The molecule has 0 aliphatic rings. The maximum atomic E-state index is 12.3. The first-order valence-electron chi connectivity index (χ1n) is 9.71. The fraction of sp³-hybridized carbons (Fsp3) is 0.318. The molecule has 0 saturated heterocycles. The number of hydrogen-bond acceptors (Lipinski definition) is 6. The van der Waals surface area contributed by atoms with E-state index in [4.69, 9.17) is 4.74 Å². The van der Waals surface area contributed by atoms with Gasteiger partial charge >= 0.3 is 0 Å². The number of ether oxygens (including phenoxy) is 1. The van der Waals surface area contributed by atoms with Gasteiger partial charge in [-0.15, -0.1) is 22.0 Å². The minimum Gasteiger partial charge on any atom is -0.497 e. The largest absolute Gasteiger partial charge is 0.497 e. The van der Waals surface area contributed by atoms with E-state index >= 15 is 0 Å². The number of aromatic nitrogens is 3. The molecule has 6 nitrogen and oxygen atoms in total. The van der Waals surface area contributed by atoms with Crippen LogP contribution in [0.5, 0.6) is 5.75 Å². The third-order valence-electron chi connectivity index (χ3n) is 4.44. The zero-order valence-electron chi connectivity index (χ0n) is 17.4. The van der Waals surface area contributed by atoms with Crippen LogP contribution in [0.2, 0.25) is 0 Å². The van der Waals surface area contributed by atoms with Crippen LogP contribution in [-0.2, 0) is 22.8 Å². The van der Waals surface area contributed by atoms with Gasteiger partial charge < -0.3 is 14.6 Å². The van der Waals surface area contributed by atoms with E-state index in [-0.39, 0.29) is 11.7 Å². The second-order valence-corrected chi connectivity index (χ2v) is 8.61. The molecule has 30 heavy (non-hydrogen) atoms. The molecule has 0 atom stereocenters. The summed E-state index contributed by atoms with van der Waals surface area (Å²) >= 11 is 3.22. The van der Waals surface area contributed by atoms with Crippen molar-refractivity contribution in [2.24, 2.45) is 0 Å². The van der Waals surface area contributed by atoms with Gasteiger partial charge in [0.1, 0.15) is 11.6 Å². The Kier molecular flexibility index (Phi) is 8.21. The van der Waals surface area contributed by atoms with E-state index in [0.29, 0.717) is 0 Å². The number of benzene rings is 2. The smallest absolute Gasteiger partial charge is 0.234 e. The number of thioether (sulfide) groups is 2. The molecular formula is C22H26N4O2S2. The van der Waals surface area contributed by atoms with Gasteiger partial charge in [0.05, 0.1) is 18.6 Å². The molecule has 1 aromatic heterocycles. The quantitative estimate of drug-likeness (QED) is 0.456. The van der Waals surface area contributed by atoms with Crippen molar-refractivity contribution in [3.8, 4) is 5.75 Å². The summed E-state index contributed by atoms with van der Waals surface area (Å²) in [5.74, 6) is 3.61. The zero-order chi connectivity index (χ0) is 21.3. The molecule has 1 N–H and O–H groups in total. The molecule has 1 amide bonds. The Labute approximate surface area is 185 Å². The number of nitrogens with zero attached hydrogens (tertiary/aromatic N) is 3.